The summed E-state index contributed by atoms with van der Waals surface area (Å²) in [6.07, 6.45) is 3.64. The number of carboxylic acids is 1. The summed E-state index contributed by atoms with van der Waals surface area (Å²) in [5.74, 6) is -0.724. The maximum Gasteiger partial charge on any atom is 0.320 e. The molecule has 2 aliphatic rings. The number of carboxylic acid groups (broad SMARTS) is 1. The third-order valence-corrected chi connectivity index (χ3v) is 5.88. The highest BCUT2D eigenvalue weighted by Gasteiger charge is 2.47. The van der Waals surface area contributed by atoms with Crippen molar-refractivity contribution in [2.24, 2.45) is 12.5 Å². The van der Waals surface area contributed by atoms with E-state index < -0.39 is 12.0 Å². The maximum absolute atomic E-state index is 11.8. The Hall–Kier alpha value is -1.11. The van der Waals surface area contributed by atoms with E-state index in [1.807, 2.05) is 7.05 Å². The molecule has 0 saturated carbocycles. The van der Waals surface area contributed by atoms with E-state index >= 15 is 0 Å². The zero-order chi connectivity index (χ0) is 16.6. The molecule has 1 aromatic heterocycles. The molecule has 0 unspecified atom stereocenters. The van der Waals surface area contributed by atoms with Crippen LogP contribution in [0.4, 0.5) is 0 Å². The maximum atomic E-state index is 11.8. The van der Waals surface area contributed by atoms with Gasteiger partial charge < -0.3 is 10.4 Å². The number of nitrogens with one attached hydrogen (secondary N) is 1. The Balaban J connectivity index is 1.84. The number of aryl methyl sites for hydroxylation is 2. The molecule has 0 aromatic carbocycles. The summed E-state index contributed by atoms with van der Waals surface area (Å²) in [6, 6.07) is -0.422. The molecule has 0 amide bonds. The van der Waals surface area contributed by atoms with Crippen LogP contribution in [0.15, 0.2) is 0 Å². The van der Waals surface area contributed by atoms with Crippen molar-refractivity contribution < 1.29 is 9.90 Å². The largest absolute Gasteiger partial charge is 0.480 e. The summed E-state index contributed by atoms with van der Waals surface area (Å²) in [5, 5.41) is 18.1. The van der Waals surface area contributed by atoms with Crippen LogP contribution in [0.5, 0.6) is 0 Å². The second kappa shape index (κ2) is 6.42. The molecule has 0 bridgehead atoms. The van der Waals surface area contributed by atoms with Crippen LogP contribution in [-0.4, -0.2) is 51.4 Å². The topological polar surface area (TPSA) is 70.4 Å². The van der Waals surface area contributed by atoms with Gasteiger partial charge in [0.2, 0.25) is 0 Å². The molecule has 3 heterocycles. The minimum Gasteiger partial charge on any atom is -0.480 e. The summed E-state index contributed by atoms with van der Waals surface area (Å²) in [5.41, 5.74) is 2.08. The van der Waals surface area contributed by atoms with Crippen molar-refractivity contribution in [1.29, 1.82) is 0 Å². The molecular weight excluding hydrogens is 316 g/mol. The third-order valence-electron chi connectivity index (χ3n) is 5.40. The lowest BCUT2D eigenvalue weighted by molar-refractivity contribution is -0.142. The number of carbonyl (C=O) groups is 1. The third kappa shape index (κ3) is 3.12. The standard InChI is InChI=1S/C16H25ClN4O2/c1-3-12-11(14(17)20(2)19-12)9-21-10-16(4-6-18-7-5-16)8-13(21)15(22)23/h13,18H,3-10H2,1-2H3,(H,22,23)/t13-/m1/s1. The highest BCUT2D eigenvalue weighted by atomic mass is 35.5. The monoisotopic (exact) mass is 340 g/mol. The highest BCUT2D eigenvalue weighted by molar-refractivity contribution is 6.30. The average molecular weight is 341 g/mol. The first kappa shape index (κ1) is 16.7. The number of aliphatic carboxylic acids is 1. The minimum atomic E-state index is -0.724. The molecule has 2 aliphatic heterocycles. The van der Waals surface area contributed by atoms with Gasteiger partial charge in [0, 0.05) is 25.7 Å². The van der Waals surface area contributed by atoms with Crippen LogP contribution < -0.4 is 5.32 Å². The molecule has 6 nitrogen and oxygen atoms in total. The van der Waals surface area contributed by atoms with Crippen LogP contribution in [0.2, 0.25) is 5.15 Å². The molecule has 0 aliphatic carbocycles. The van der Waals surface area contributed by atoms with Crippen molar-refractivity contribution in [1.82, 2.24) is 20.0 Å². The predicted molar refractivity (Wildman–Crippen MR) is 88.6 cm³/mol. The number of nitrogens with zero attached hydrogens (tertiary/aromatic N) is 3. The molecule has 2 N–H and O–H groups in total. The Morgan fingerprint density at radius 1 is 1.48 bits per heavy atom. The molecule has 2 saturated heterocycles. The Kier molecular flexibility index (Phi) is 4.67. The zero-order valence-corrected chi connectivity index (χ0v) is 14.6. The lowest BCUT2D eigenvalue weighted by Gasteiger charge is -2.33. The lowest BCUT2D eigenvalue weighted by atomic mass is 9.77. The van der Waals surface area contributed by atoms with E-state index in [1.54, 1.807) is 4.68 Å². The Labute approximate surface area is 141 Å². The molecule has 0 radical (unpaired) electrons. The van der Waals surface area contributed by atoms with Crippen molar-refractivity contribution in [3.8, 4) is 0 Å². The molecule has 2 fully saturated rings. The van der Waals surface area contributed by atoms with Gasteiger partial charge in [-0.1, -0.05) is 18.5 Å². The Morgan fingerprint density at radius 3 is 2.78 bits per heavy atom. The number of halogens is 1. The lowest BCUT2D eigenvalue weighted by Crippen LogP contribution is -2.38. The van der Waals surface area contributed by atoms with Crippen molar-refractivity contribution in [2.45, 2.75) is 45.2 Å². The predicted octanol–water partition coefficient (Wildman–Crippen LogP) is 1.66. The quantitative estimate of drug-likeness (QED) is 0.872. The van der Waals surface area contributed by atoms with E-state index in [0.29, 0.717) is 11.7 Å². The van der Waals surface area contributed by atoms with Gasteiger partial charge in [0.05, 0.1) is 5.69 Å². The van der Waals surface area contributed by atoms with Crippen molar-refractivity contribution >= 4 is 17.6 Å². The number of hydrogen-bond donors (Lipinski definition) is 2. The van der Waals surface area contributed by atoms with Crippen molar-refractivity contribution in [2.75, 3.05) is 19.6 Å². The summed E-state index contributed by atoms with van der Waals surface area (Å²) in [6.45, 7) is 5.42. The Morgan fingerprint density at radius 2 is 2.17 bits per heavy atom. The second-order valence-electron chi connectivity index (χ2n) is 6.91. The highest BCUT2D eigenvalue weighted by Crippen LogP contribution is 2.43. The molecule has 128 valence electrons. The number of piperidine rings is 1. The summed E-state index contributed by atoms with van der Waals surface area (Å²) >= 11 is 6.39. The Bertz CT molecular complexity index is 595. The van der Waals surface area contributed by atoms with Crippen LogP contribution in [0.25, 0.3) is 0 Å². The van der Waals surface area contributed by atoms with E-state index in [9.17, 15) is 9.90 Å². The van der Waals surface area contributed by atoms with E-state index in [0.717, 1.165) is 56.6 Å². The van der Waals surface area contributed by atoms with Gasteiger partial charge in [0.25, 0.3) is 0 Å². The second-order valence-corrected chi connectivity index (χ2v) is 7.26. The molecular formula is C16H25ClN4O2. The molecule has 7 heteroatoms. The van der Waals surface area contributed by atoms with Gasteiger partial charge in [-0.25, -0.2) is 0 Å². The van der Waals surface area contributed by atoms with Gasteiger partial charge in [0.1, 0.15) is 11.2 Å². The molecule has 1 atom stereocenters. The van der Waals surface area contributed by atoms with Crippen LogP contribution >= 0.6 is 11.6 Å². The molecule has 1 spiro atoms. The van der Waals surface area contributed by atoms with E-state index in [2.05, 4.69) is 22.2 Å². The summed E-state index contributed by atoms with van der Waals surface area (Å²) < 4.78 is 1.68. The summed E-state index contributed by atoms with van der Waals surface area (Å²) in [4.78, 5) is 13.9. The van der Waals surface area contributed by atoms with Gasteiger partial charge in [-0.15, -0.1) is 0 Å². The normalized spacial score (nSPS) is 24.4. The number of hydrogen-bond acceptors (Lipinski definition) is 4. The van der Waals surface area contributed by atoms with E-state index in [-0.39, 0.29) is 5.41 Å². The van der Waals surface area contributed by atoms with Gasteiger partial charge in [-0.3, -0.25) is 14.4 Å². The van der Waals surface area contributed by atoms with Gasteiger partial charge >= 0.3 is 5.97 Å². The van der Waals surface area contributed by atoms with E-state index in [4.69, 9.17) is 11.6 Å². The number of likely N-dealkylation sites (tertiary alicyclic amines) is 1. The fourth-order valence-electron chi connectivity index (χ4n) is 4.12. The number of rotatable bonds is 4. The molecule has 23 heavy (non-hydrogen) atoms. The molecule has 3 rings (SSSR count). The smallest absolute Gasteiger partial charge is 0.320 e. The SMILES string of the molecule is CCc1nn(C)c(Cl)c1CN1CC2(CCNCC2)C[C@@H]1C(=O)O. The first-order chi connectivity index (χ1) is 11.0. The van der Waals surface area contributed by atoms with Gasteiger partial charge in [-0.2, -0.15) is 5.10 Å². The van der Waals surface area contributed by atoms with Crippen molar-refractivity contribution in [3.63, 3.8) is 0 Å². The minimum absolute atomic E-state index is 0.134. The summed E-state index contributed by atoms with van der Waals surface area (Å²) in [7, 11) is 1.83. The van der Waals surface area contributed by atoms with Crippen LogP contribution in [0, 0.1) is 5.41 Å². The number of aromatic nitrogens is 2. The van der Waals surface area contributed by atoms with Crippen molar-refractivity contribution in [3.05, 3.63) is 16.4 Å². The first-order valence-corrected chi connectivity index (χ1v) is 8.71. The van der Waals surface area contributed by atoms with Gasteiger partial charge in [-0.05, 0) is 44.2 Å². The zero-order valence-electron chi connectivity index (χ0n) is 13.8. The fourth-order valence-corrected chi connectivity index (χ4v) is 4.32. The van der Waals surface area contributed by atoms with Crippen LogP contribution in [0.3, 0.4) is 0 Å². The van der Waals surface area contributed by atoms with Gasteiger partial charge in [0.15, 0.2) is 0 Å². The fraction of sp³-hybridized carbons (Fsp3) is 0.750. The van der Waals surface area contributed by atoms with Crippen LogP contribution in [-0.2, 0) is 24.8 Å². The average Bonchev–Trinajstić information content (AvgIpc) is 3.01. The first-order valence-electron chi connectivity index (χ1n) is 8.33. The molecule has 1 aromatic rings. The van der Waals surface area contributed by atoms with E-state index in [1.165, 1.54) is 0 Å². The van der Waals surface area contributed by atoms with Crippen LogP contribution in [0.1, 0.15) is 37.4 Å².